The molecule has 2 nitrogen and oxygen atoms in total. The van der Waals surface area contributed by atoms with Gasteiger partial charge in [0.25, 0.3) is 5.91 Å². The lowest BCUT2D eigenvalue weighted by molar-refractivity contribution is 0.0750. The average Bonchev–Trinajstić information content (AvgIpc) is 2.63. The van der Waals surface area contributed by atoms with Crippen molar-refractivity contribution in [3.63, 3.8) is 0 Å². The third-order valence-electron chi connectivity index (χ3n) is 4.71. The summed E-state index contributed by atoms with van der Waals surface area (Å²) >= 11 is 0. The van der Waals surface area contributed by atoms with Crippen LogP contribution in [0.4, 0.5) is 0 Å². The van der Waals surface area contributed by atoms with E-state index in [4.69, 9.17) is 0 Å². The number of nitrogens with zero attached hydrogens (tertiary/aromatic N) is 1. The Morgan fingerprint density at radius 1 is 0.750 bits per heavy atom. The summed E-state index contributed by atoms with van der Waals surface area (Å²) in [7, 11) is 0. The molecule has 1 aromatic rings. The molecular formula is C22H37NO. The maximum absolute atomic E-state index is 12.8. The molecule has 0 saturated heterocycles. The zero-order chi connectivity index (χ0) is 17.6. The molecular weight excluding hydrogens is 294 g/mol. The minimum absolute atomic E-state index is 0.206. The molecule has 0 aliphatic heterocycles. The maximum atomic E-state index is 12.8. The van der Waals surface area contributed by atoms with Crippen LogP contribution >= 0.6 is 0 Å². The summed E-state index contributed by atoms with van der Waals surface area (Å²) < 4.78 is 0. The van der Waals surface area contributed by atoms with Crippen LogP contribution in [0.25, 0.3) is 0 Å². The second-order valence-electron chi connectivity index (χ2n) is 6.82. The van der Waals surface area contributed by atoms with Crippen molar-refractivity contribution in [2.75, 3.05) is 13.1 Å². The standard InChI is InChI=1S/C22H37NO/c1-4-7-9-10-11-12-13-19-23(18-8-5-2)22(24)21-16-14-20(6-3)15-17-21/h14-17H,4-13,18-19H2,1-3H3. The van der Waals surface area contributed by atoms with Gasteiger partial charge in [0, 0.05) is 18.7 Å². The molecule has 1 aromatic carbocycles. The Balaban J connectivity index is 2.46. The summed E-state index contributed by atoms with van der Waals surface area (Å²) in [6.07, 6.45) is 12.3. The van der Waals surface area contributed by atoms with E-state index in [0.29, 0.717) is 0 Å². The summed E-state index contributed by atoms with van der Waals surface area (Å²) in [5, 5.41) is 0. The third-order valence-corrected chi connectivity index (χ3v) is 4.71. The minimum atomic E-state index is 0.206. The van der Waals surface area contributed by atoms with Crippen molar-refractivity contribution in [2.45, 2.75) is 85.0 Å². The minimum Gasteiger partial charge on any atom is -0.339 e. The van der Waals surface area contributed by atoms with Gasteiger partial charge in [-0.15, -0.1) is 0 Å². The van der Waals surface area contributed by atoms with E-state index in [1.54, 1.807) is 0 Å². The van der Waals surface area contributed by atoms with E-state index in [1.807, 2.05) is 12.1 Å². The van der Waals surface area contributed by atoms with Gasteiger partial charge in [-0.2, -0.15) is 0 Å². The molecule has 2 heteroatoms. The first-order valence-electron chi connectivity index (χ1n) is 10.1. The fraction of sp³-hybridized carbons (Fsp3) is 0.682. The molecule has 24 heavy (non-hydrogen) atoms. The summed E-state index contributed by atoms with van der Waals surface area (Å²) in [6.45, 7) is 8.38. The van der Waals surface area contributed by atoms with E-state index in [-0.39, 0.29) is 5.91 Å². The molecule has 0 bridgehead atoms. The first-order valence-corrected chi connectivity index (χ1v) is 10.1. The van der Waals surface area contributed by atoms with Crippen LogP contribution in [0.3, 0.4) is 0 Å². The Morgan fingerprint density at radius 3 is 1.88 bits per heavy atom. The SMILES string of the molecule is CCCCCCCCCN(CCCC)C(=O)c1ccc(CC)cc1. The van der Waals surface area contributed by atoms with Crippen molar-refractivity contribution in [3.8, 4) is 0 Å². The van der Waals surface area contributed by atoms with E-state index in [0.717, 1.165) is 44.3 Å². The van der Waals surface area contributed by atoms with Crippen molar-refractivity contribution in [3.05, 3.63) is 35.4 Å². The van der Waals surface area contributed by atoms with Crippen molar-refractivity contribution >= 4 is 5.91 Å². The van der Waals surface area contributed by atoms with E-state index in [9.17, 15) is 4.79 Å². The summed E-state index contributed by atoms with van der Waals surface area (Å²) in [5.41, 5.74) is 2.13. The number of benzene rings is 1. The summed E-state index contributed by atoms with van der Waals surface area (Å²) in [6, 6.07) is 8.15. The van der Waals surface area contributed by atoms with Crippen LogP contribution in [0.15, 0.2) is 24.3 Å². The molecule has 0 aliphatic rings. The predicted octanol–water partition coefficient (Wildman–Crippen LogP) is 6.24. The highest BCUT2D eigenvalue weighted by Crippen LogP contribution is 2.12. The smallest absolute Gasteiger partial charge is 0.253 e. The van der Waals surface area contributed by atoms with Crippen molar-refractivity contribution in [1.82, 2.24) is 4.90 Å². The summed E-state index contributed by atoms with van der Waals surface area (Å²) in [5.74, 6) is 0.206. The molecule has 0 aromatic heterocycles. The fourth-order valence-corrected chi connectivity index (χ4v) is 2.99. The van der Waals surface area contributed by atoms with Crippen LogP contribution in [-0.2, 0) is 6.42 Å². The van der Waals surface area contributed by atoms with Gasteiger partial charge in [0.2, 0.25) is 0 Å². The molecule has 0 fully saturated rings. The zero-order valence-electron chi connectivity index (χ0n) is 16.2. The lowest BCUT2D eigenvalue weighted by Gasteiger charge is -2.23. The fourth-order valence-electron chi connectivity index (χ4n) is 2.99. The second kappa shape index (κ2) is 13.0. The lowest BCUT2D eigenvalue weighted by Crippen LogP contribution is -2.33. The van der Waals surface area contributed by atoms with Crippen LogP contribution in [0.5, 0.6) is 0 Å². The molecule has 0 aliphatic carbocycles. The number of unbranched alkanes of at least 4 members (excludes halogenated alkanes) is 7. The normalized spacial score (nSPS) is 10.8. The molecule has 0 spiro atoms. The largest absolute Gasteiger partial charge is 0.339 e. The van der Waals surface area contributed by atoms with Gasteiger partial charge in [0.05, 0.1) is 0 Å². The number of amides is 1. The quantitative estimate of drug-likeness (QED) is 0.392. The van der Waals surface area contributed by atoms with Gasteiger partial charge in [-0.3, -0.25) is 4.79 Å². The first-order chi connectivity index (χ1) is 11.7. The number of rotatable bonds is 13. The van der Waals surface area contributed by atoms with Crippen LogP contribution in [-0.4, -0.2) is 23.9 Å². The average molecular weight is 332 g/mol. The number of carbonyl (C=O) groups excluding carboxylic acids is 1. The molecule has 0 saturated carbocycles. The van der Waals surface area contributed by atoms with Crippen molar-refractivity contribution in [2.24, 2.45) is 0 Å². The molecule has 0 heterocycles. The second-order valence-corrected chi connectivity index (χ2v) is 6.82. The van der Waals surface area contributed by atoms with E-state index in [2.05, 4.69) is 37.8 Å². The van der Waals surface area contributed by atoms with Gasteiger partial charge in [0.15, 0.2) is 0 Å². The van der Waals surface area contributed by atoms with Crippen molar-refractivity contribution in [1.29, 1.82) is 0 Å². The highest BCUT2D eigenvalue weighted by atomic mass is 16.2. The van der Waals surface area contributed by atoms with Gasteiger partial charge >= 0.3 is 0 Å². The molecule has 136 valence electrons. The molecule has 1 rings (SSSR count). The van der Waals surface area contributed by atoms with Crippen LogP contribution in [0, 0.1) is 0 Å². The molecule has 1 amide bonds. The zero-order valence-corrected chi connectivity index (χ0v) is 16.2. The number of carbonyl (C=O) groups is 1. The topological polar surface area (TPSA) is 20.3 Å². The molecule has 0 atom stereocenters. The Labute approximate surface area is 149 Å². The molecule has 0 N–H and O–H groups in total. The van der Waals surface area contributed by atoms with Gasteiger partial charge in [0.1, 0.15) is 0 Å². The van der Waals surface area contributed by atoms with Crippen LogP contribution < -0.4 is 0 Å². The summed E-state index contributed by atoms with van der Waals surface area (Å²) in [4.78, 5) is 14.8. The van der Waals surface area contributed by atoms with Gasteiger partial charge in [-0.1, -0.05) is 77.8 Å². The van der Waals surface area contributed by atoms with Gasteiger partial charge in [-0.25, -0.2) is 0 Å². The third kappa shape index (κ3) is 7.99. The first kappa shape index (κ1) is 20.7. The molecule has 0 radical (unpaired) electrons. The number of hydrogen-bond donors (Lipinski definition) is 0. The van der Waals surface area contributed by atoms with E-state index < -0.39 is 0 Å². The van der Waals surface area contributed by atoms with Crippen LogP contribution in [0.2, 0.25) is 0 Å². The van der Waals surface area contributed by atoms with E-state index in [1.165, 1.54) is 44.1 Å². The highest BCUT2D eigenvalue weighted by molar-refractivity contribution is 5.94. The Kier molecular flexibility index (Phi) is 11.3. The van der Waals surface area contributed by atoms with Crippen LogP contribution in [0.1, 0.15) is 94.5 Å². The van der Waals surface area contributed by atoms with E-state index >= 15 is 0 Å². The van der Waals surface area contributed by atoms with Crippen molar-refractivity contribution < 1.29 is 4.79 Å². The monoisotopic (exact) mass is 331 g/mol. The molecule has 0 unspecified atom stereocenters. The Morgan fingerprint density at radius 2 is 1.29 bits per heavy atom. The number of hydrogen-bond acceptors (Lipinski definition) is 1. The van der Waals surface area contributed by atoms with Gasteiger partial charge < -0.3 is 4.90 Å². The number of aryl methyl sites for hydroxylation is 1. The Bertz CT molecular complexity index is 438. The Hall–Kier alpha value is -1.31. The lowest BCUT2D eigenvalue weighted by atomic mass is 10.1. The highest BCUT2D eigenvalue weighted by Gasteiger charge is 2.14. The maximum Gasteiger partial charge on any atom is 0.253 e. The predicted molar refractivity (Wildman–Crippen MR) is 105 cm³/mol. The van der Waals surface area contributed by atoms with Gasteiger partial charge in [-0.05, 0) is 37.0 Å².